The largest absolute Gasteiger partial charge is 0.333 e. The van der Waals surface area contributed by atoms with Crippen molar-refractivity contribution in [2.24, 2.45) is 10.2 Å². The van der Waals surface area contributed by atoms with Crippen LogP contribution in [0, 0.1) is 0 Å². The van der Waals surface area contributed by atoms with Crippen molar-refractivity contribution in [2.45, 2.75) is 38.3 Å². The van der Waals surface area contributed by atoms with Gasteiger partial charge < -0.3 is 4.84 Å². The number of hydrogen-bond donors (Lipinski definition) is 0. The molecule has 1 saturated heterocycles. The molecule has 16 heavy (non-hydrogen) atoms. The zero-order valence-corrected chi connectivity index (χ0v) is 8.80. The molecule has 0 aromatic rings. The van der Waals surface area contributed by atoms with Crippen molar-refractivity contribution in [3.05, 3.63) is 0 Å². The third-order valence-electron chi connectivity index (χ3n) is 2.44. The van der Waals surface area contributed by atoms with E-state index >= 15 is 0 Å². The summed E-state index contributed by atoms with van der Waals surface area (Å²) in [6.45, 7) is 1.78. The molecule has 0 saturated carbocycles. The van der Waals surface area contributed by atoms with Gasteiger partial charge in [0.05, 0.1) is 6.42 Å². The van der Waals surface area contributed by atoms with Gasteiger partial charge in [0.15, 0.2) is 5.66 Å². The van der Waals surface area contributed by atoms with Crippen LogP contribution in [-0.4, -0.2) is 28.5 Å². The monoisotopic (exact) mass is 225 g/mol. The van der Waals surface area contributed by atoms with Crippen LogP contribution in [0.2, 0.25) is 0 Å². The topological polar surface area (TPSA) is 88.4 Å². The maximum absolute atomic E-state index is 11.3. The van der Waals surface area contributed by atoms with Crippen molar-refractivity contribution in [3.63, 3.8) is 0 Å². The van der Waals surface area contributed by atoms with E-state index in [9.17, 15) is 14.4 Å². The molecule has 0 N–H and O–H groups in total. The molecule has 2 heterocycles. The molecule has 2 aliphatic rings. The molecule has 0 bridgehead atoms. The number of carbonyl (C=O) groups excluding carboxylic acids is 3. The number of nitrogens with zero attached hydrogens (tertiary/aromatic N) is 3. The Bertz CT molecular complexity index is 368. The summed E-state index contributed by atoms with van der Waals surface area (Å²) in [5, 5.41) is 8.02. The number of amides is 2. The summed E-state index contributed by atoms with van der Waals surface area (Å²) in [6.07, 6.45) is 0.728. The number of hydrogen-bond acceptors (Lipinski definition) is 6. The highest BCUT2D eigenvalue weighted by atomic mass is 16.7. The molecule has 0 aromatic heterocycles. The standard InChI is InChI=1S/C9H11N3O4/c1-9(10-11-9)5-4-8(15)16-12-6(13)2-3-7(12)14/h2-5H2,1H3. The minimum absolute atomic E-state index is 0.0839. The number of imide groups is 1. The molecule has 0 radical (unpaired) electrons. The van der Waals surface area contributed by atoms with Crippen LogP contribution in [0.25, 0.3) is 0 Å². The molecule has 0 unspecified atom stereocenters. The fraction of sp³-hybridized carbons (Fsp3) is 0.667. The van der Waals surface area contributed by atoms with Crippen LogP contribution in [0.1, 0.15) is 32.6 Å². The maximum Gasteiger partial charge on any atom is 0.333 e. The van der Waals surface area contributed by atoms with Crippen LogP contribution in [-0.2, 0) is 19.2 Å². The zero-order valence-electron chi connectivity index (χ0n) is 8.80. The lowest BCUT2D eigenvalue weighted by molar-refractivity contribution is -0.197. The van der Waals surface area contributed by atoms with Crippen LogP contribution >= 0.6 is 0 Å². The zero-order chi connectivity index (χ0) is 11.8. The average molecular weight is 225 g/mol. The van der Waals surface area contributed by atoms with E-state index in [-0.39, 0.29) is 19.3 Å². The van der Waals surface area contributed by atoms with Crippen LogP contribution < -0.4 is 0 Å². The predicted octanol–water partition coefficient (Wildman–Crippen LogP) is 0.556. The molecule has 86 valence electrons. The van der Waals surface area contributed by atoms with Gasteiger partial charge in [0.1, 0.15) is 0 Å². The van der Waals surface area contributed by atoms with Gasteiger partial charge in [0.2, 0.25) is 0 Å². The lowest BCUT2D eigenvalue weighted by atomic mass is 10.1. The molecule has 2 rings (SSSR count). The summed E-state index contributed by atoms with van der Waals surface area (Å²) >= 11 is 0. The summed E-state index contributed by atoms with van der Waals surface area (Å²) in [4.78, 5) is 38.2. The van der Waals surface area contributed by atoms with Crippen LogP contribution in [0.4, 0.5) is 0 Å². The van der Waals surface area contributed by atoms with Gasteiger partial charge in [-0.15, -0.1) is 5.06 Å². The quantitative estimate of drug-likeness (QED) is 0.654. The number of hydroxylamine groups is 2. The Morgan fingerprint density at radius 3 is 2.44 bits per heavy atom. The van der Waals surface area contributed by atoms with Crippen molar-refractivity contribution < 1.29 is 19.2 Å². The van der Waals surface area contributed by atoms with E-state index in [0.29, 0.717) is 11.5 Å². The second kappa shape index (κ2) is 3.66. The van der Waals surface area contributed by atoms with Gasteiger partial charge in [-0.2, -0.15) is 10.2 Å². The van der Waals surface area contributed by atoms with Crippen molar-refractivity contribution in [2.75, 3.05) is 0 Å². The number of carbonyl (C=O) groups is 3. The Balaban J connectivity index is 1.78. The second-order valence-electron chi connectivity index (χ2n) is 3.96. The summed E-state index contributed by atoms with van der Waals surface area (Å²) in [5.41, 5.74) is -0.474. The molecule has 0 aromatic carbocycles. The van der Waals surface area contributed by atoms with Crippen LogP contribution in [0.15, 0.2) is 10.2 Å². The SMILES string of the molecule is CC1(CCC(=O)ON2C(=O)CCC2=O)N=N1. The van der Waals surface area contributed by atoms with E-state index in [0.717, 1.165) is 0 Å². The smallest absolute Gasteiger partial charge is 0.330 e. The van der Waals surface area contributed by atoms with E-state index in [1.807, 2.05) is 0 Å². The first kappa shape index (κ1) is 10.7. The molecular formula is C9H11N3O4. The Labute approximate surface area is 91.4 Å². The molecule has 2 aliphatic heterocycles. The number of rotatable bonds is 4. The van der Waals surface area contributed by atoms with Crippen LogP contribution in [0.5, 0.6) is 0 Å². The molecule has 7 nitrogen and oxygen atoms in total. The maximum atomic E-state index is 11.3. The first-order valence-electron chi connectivity index (χ1n) is 5.01. The van der Waals surface area contributed by atoms with Gasteiger partial charge in [-0.3, -0.25) is 9.59 Å². The van der Waals surface area contributed by atoms with Gasteiger partial charge in [0.25, 0.3) is 11.8 Å². The van der Waals surface area contributed by atoms with Gasteiger partial charge in [-0.1, -0.05) is 0 Å². The van der Waals surface area contributed by atoms with E-state index in [2.05, 4.69) is 15.1 Å². The Kier molecular flexibility index (Phi) is 2.45. The Hall–Kier alpha value is -1.79. The fourth-order valence-electron chi connectivity index (χ4n) is 1.33. The highest BCUT2D eigenvalue weighted by Gasteiger charge is 2.36. The molecule has 1 fully saturated rings. The third kappa shape index (κ3) is 2.23. The molecule has 0 spiro atoms. The first-order valence-corrected chi connectivity index (χ1v) is 5.01. The molecule has 0 atom stereocenters. The van der Waals surface area contributed by atoms with Crippen molar-refractivity contribution in [1.29, 1.82) is 0 Å². The minimum atomic E-state index is -0.609. The minimum Gasteiger partial charge on any atom is -0.330 e. The lowest BCUT2D eigenvalue weighted by Crippen LogP contribution is -2.32. The summed E-state index contributed by atoms with van der Waals surface area (Å²) in [6, 6.07) is 0. The van der Waals surface area contributed by atoms with E-state index in [1.54, 1.807) is 6.92 Å². The normalized spacial score (nSPS) is 21.4. The first-order chi connectivity index (χ1) is 7.50. The summed E-state index contributed by atoms with van der Waals surface area (Å²) < 4.78 is 0. The Morgan fingerprint density at radius 1 is 1.38 bits per heavy atom. The van der Waals surface area contributed by atoms with Gasteiger partial charge in [-0.25, -0.2) is 4.79 Å². The summed E-state index contributed by atoms with van der Waals surface area (Å²) in [7, 11) is 0. The van der Waals surface area contributed by atoms with Gasteiger partial charge in [-0.05, 0) is 6.92 Å². The second-order valence-corrected chi connectivity index (χ2v) is 3.96. The molecule has 0 aliphatic carbocycles. The summed E-state index contributed by atoms with van der Waals surface area (Å²) in [5.74, 6) is -1.54. The van der Waals surface area contributed by atoms with Crippen LogP contribution in [0.3, 0.4) is 0 Å². The predicted molar refractivity (Wildman–Crippen MR) is 49.7 cm³/mol. The Morgan fingerprint density at radius 2 is 1.94 bits per heavy atom. The van der Waals surface area contributed by atoms with Crippen molar-refractivity contribution in [1.82, 2.24) is 5.06 Å². The van der Waals surface area contributed by atoms with E-state index < -0.39 is 23.4 Å². The average Bonchev–Trinajstić information content (AvgIpc) is 2.90. The highest BCUT2D eigenvalue weighted by molar-refractivity contribution is 6.01. The molecule has 2 amide bonds. The third-order valence-corrected chi connectivity index (χ3v) is 2.44. The highest BCUT2D eigenvalue weighted by Crippen LogP contribution is 2.32. The molecule has 7 heteroatoms. The van der Waals surface area contributed by atoms with Crippen molar-refractivity contribution in [3.8, 4) is 0 Å². The van der Waals surface area contributed by atoms with E-state index in [1.165, 1.54) is 0 Å². The van der Waals surface area contributed by atoms with Crippen molar-refractivity contribution >= 4 is 17.8 Å². The molecular weight excluding hydrogens is 214 g/mol. The van der Waals surface area contributed by atoms with Gasteiger partial charge in [0, 0.05) is 19.3 Å². The van der Waals surface area contributed by atoms with E-state index in [4.69, 9.17) is 0 Å². The lowest BCUT2D eigenvalue weighted by Gasteiger charge is -2.12. The fourth-order valence-corrected chi connectivity index (χ4v) is 1.33. The van der Waals surface area contributed by atoms with Gasteiger partial charge >= 0.3 is 5.97 Å².